The van der Waals surface area contributed by atoms with E-state index in [4.69, 9.17) is 11.6 Å². The quantitative estimate of drug-likeness (QED) is 0.553. The fourth-order valence-corrected chi connectivity index (χ4v) is 2.82. The normalized spacial score (nSPS) is 11.0. The third-order valence-corrected chi connectivity index (χ3v) is 4.22. The Morgan fingerprint density at radius 1 is 1.04 bits per heavy atom. The zero-order valence-corrected chi connectivity index (χ0v) is 14.2. The zero-order valence-electron chi connectivity index (χ0n) is 13.5. The minimum Gasteiger partial charge on any atom is -0.365 e. The third-order valence-electron chi connectivity index (χ3n) is 3.97. The predicted octanol–water partition coefficient (Wildman–Crippen LogP) is 4.94. The summed E-state index contributed by atoms with van der Waals surface area (Å²) in [5.74, 6) is -0.706. The van der Waals surface area contributed by atoms with Gasteiger partial charge in [0.05, 0.1) is 0 Å². The first-order valence-electron chi connectivity index (χ1n) is 7.88. The average Bonchev–Trinajstić information content (AvgIpc) is 3.02. The first-order valence-corrected chi connectivity index (χ1v) is 8.26. The summed E-state index contributed by atoms with van der Waals surface area (Å²) in [6, 6.07) is 12.9. The number of hydrogen-bond acceptors (Lipinski definition) is 3. The van der Waals surface area contributed by atoms with Gasteiger partial charge in [-0.05, 0) is 42.0 Å². The average molecular weight is 371 g/mol. The molecule has 2 aromatic heterocycles. The number of anilines is 1. The molecule has 0 aliphatic heterocycles. The van der Waals surface area contributed by atoms with Crippen molar-refractivity contribution in [3.05, 3.63) is 83.1 Å². The molecule has 4 nitrogen and oxygen atoms in total. The highest BCUT2D eigenvalue weighted by atomic mass is 35.5. The number of halogens is 3. The Balaban J connectivity index is 1.76. The van der Waals surface area contributed by atoms with Crippen molar-refractivity contribution in [2.45, 2.75) is 6.54 Å². The van der Waals surface area contributed by atoms with Gasteiger partial charge >= 0.3 is 0 Å². The van der Waals surface area contributed by atoms with Crippen LogP contribution in [-0.4, -0.2) is 14.4 Å². The summed E-state index contributed by atoms with van der Waals surface area (Å²) in [5.41, 5.74) is 1.98. The van der Waals surface area contributed by atoms with Crippen LogP contribution in [0.25, 0.3) is 17.0 Å². The van der Waals surface area contributed by atoms with E-state index in [0.29, 0.717) is 34.4 Å². The van der Waals surface area contributed by atoms with Crippen molar-refractivity contribution in [1.82, 2.24) is 14.4 Å². The molecule has 26 heavy (non-hydrogen) atoms. The van der Waals surface area contributed by atoms with Gasteiger partial charge in [0.15, 0.2) is 11.6 Å². The monoisotopic (exact) mass is 370 g/mol. The van der Waals surface area contributed by atoms with Gasteiger partial charge in [-0.3, -0.25) is 4.40 Å². The van der Waals surface area contributed by atoms with Crippen LogP contribution < -0.4 is 5.32 Å². The van der Waals surface area contributed by atoms with E-state index in [1.165, 1.54) is 6.07 Å². The highest BCUT2D eigenvalue weighted by molar-refractivity contribution is 6.30. The molecule has 2 heterocycles. The molecule has 0 saturated carbocycles. The van der Waals surface area contributed by atoms with Gasteiger partial charge in [-0.15, -0.1) is 0 Å². The van der Waals surface area contributed by atoms with Crippen molar-refractivity contribution >= 4 is 23.2 Å². The third kappa shape index (κ3) is 3.11. The molecule has 4 aromatic rings. The van der Waals surface area contributed by atoms with Gasteiger partial charge in [-0.25, -0.2) is 18.7 Å². The SMILES string of the molecule is Fc1ccc(-c2nc3ncccn3c2NCc2ccc(Cl)cc2)cc1F. The summed E-state index contributed by atoms with van der Waals surface area (Å²) >= 11 is 5.91. The van der Waals surface area contributed by atoms with Gasteiger partial charge < -0.3 is 5.32 Å². The van der Waals surface area contributed by atoms with Crippen molar-refractivity contribution in [3.63, 3.8) is 0 Å². The van der Waals surface area contributed by atoms with E-state index in [1.807, 2.05) is 30.5 Å². The first-order chi connectivity index (χ1) is 12.6. The second kappa shape index (κ2) is 6.72. The van der Waals surface area contributed by atoms with Crippen LogP contribution in [0.2, 0.25) is 5.02 Å². The van der Waals surface area contributed by atoms with Crippen LogP contribution in [0.5, 0.6) is 0 Å². The number of imidazole rings is 1. The molecule has 0 saturated heterocycles. The van der Waals surface area contributed by atoms with E-state index in [1.54, 1.807) is 16.7 Å². The Kier molecular flexibility index (Phi) is 4.26. The fourth-order valence-electron chi connectivity index (χ4n) is 2.69. The highest BCUT2D eigenvalue weighted by Gasteiger charge is 2.16. The summed E-state index contributed by atoms with van der Waals surface area (Å²) < 4.78 is 28.7. The van der Waals surface area contributed by atoms with Crippen molar-refractivity contribution in [1.29, 1.82) is 0 Å². The van der Waals surface area contributed by atoms with Crippen LogP contribution in [0.3, 0.4) is 0 Å². The number of rotatable bonds is 4. The summed E-state index contributed by atoms with van der Waals surface area (Å²) in [6.07, 6.45) is 3.43. The largest absolute Gasteiger partial charge is 0.365 e. The van der Waals surface area contributed by atoms with E-state index in [2.05, 4.69) is 15.3 Å². The van der Waals surface area contributed by atoms with Crippen LogP contribution in [0.1, 0.15) is 5.56 Å². The summed E-state index contributed by atoms with van der Waals surface area (Å²) in [6.45, 7) is 0.510. The molecule has 4 rings (SSSR count). The van der Waals surface area contributed by atoms with Crippen LogP contribution in [0, 0.1) is 11.6 Å². The number of benzene rings is 2. The van der Waals surface area contributed by atoms with E-state index in [9.17, 15) is 8.78 Å². The second-order valence-corrected chi connectivity index (χ2v) is 6.14. The maximum Gasteiger partial charge on any atom is 0.235 e. The molecule has 0 amide bonds. The molecule has 0 aliphatic carbocycles. The summed E-state index contributed by atoms with van der Waals surface area (Å²) in [5, 5.41) is 3.97. The van der Waals surface area contributed by atoms with E-state index in [-0.39, 0.29) is 0 Å². The van der Waals surface area contributed by atoms with Crippen LogP contribution >= 0.6 is 11.6 Å². The lowest BCUT2D eigenvalue weighted by Crippen LogP contribution is -2.03. The van der Waals surface area contributed by atoms with Gasteiger partial charge in [0.25, 0.3) is 0 Å². The minimum absolute atomic E-state index is 0.464. The van der Waals surface area contributed by atoms with Gasteiger partial charge in [-0.2, -0.15) is 0 Å². The maximum atomic E-state index is 13.7. The Labute approximate surface area is 153 Å². The number of hydrogen-bond donors (Lipinski definition) is 1. The van der Waals surface area contributed by atoms with Crippen molar-refractivity contribution < 1.29 is 8.78 Å². The van der Waals surface area contributed by atoms with E-state index >= 15 is 0 Å². The van der Waals surface area contributed by atoms with Gasteiger partial charge in [0.2, 0.25) is 5.78 Å². The molecular formula is C19H13ClF2N4. The lowest BCUT2D eigenvalue weighted by atomic mass is 10.1. The predicted molar refractivity (Wildman–Crippen MR) is 97.1 cm³/mol. The standard InChI is InChI=1S/C19H13ClF2N4/c20-14-5-2-12(3-6-14)11-24-18-17(13-4-7-15(21)16(22)10-13)25-19-23-8-1-9-26(18)19/h1-10,24H,11H2. The maximum absolute atomic E-state index is 13.7. The molecule has 0 atom stereocenters. The minimum atomic E-state index is -0.920. The number of nitrogens with one attached hydrogen (secondary N) is 1. The molecule has 1 N–H and O–H groups in total. The highest BCUT2D eigenvalue weighted by Crippen LogP contribution is 2.29. The molecule has 0 radical (unpaired) electrons. The molecule has 2 aromatic carbocycles. The molecule has 0 unspecified atom stereocenters. The van der Waals surface area contributed by atoms with Gasteiger partial charge in [-0.1, -0.05) is 23.7 Å². The van der Waals surface area contributed by atoms with E-state index in [0.717, 1.165) is 17.7 Å². The first kappa shape index (κ1) is 16.5. The molecule has 0 spiro atoms. The lowest BCUT2D eigenvalue weighted by molar-refractivity contribution is 0.509. The van der Waals surface area contributed by atoms with Gasteiger partial charge in [0.1, 0.15) is 11.5 Å². The molecular weight excluding hydrogens is 358 g/mol. The zero-order chi connectivity index (χ0) is 18.1. The van der Waals surface area contributed by atoms with E-state index < -0.39 is 11.6 Å². The fraction of sp³-hybridized carbons (Fsp3) is 0.0526. The summed E-state index contributed by atoms with van der Waals surface area (Å²) in [7, 11) is 0. The number of fused-ring (bicyclic) bond motifs is 1. The number of nitrogens with zero attached hydrogens (tertiary/aromatic N) is 3. The summed E-state index contributed by atoms with van der Waals surface area (Å²) in [4.78, 5) is 8.68. The molecule has 7 heteroatoms. The molecule has 0 bridgehead atoms. The lowest BCUT2D eigenvalue weighted by Gasteiger charge is -2.09. The van der Waals surface area contributed by atoms with Crippen LogP contribution in [0.4, 0.5) is 14.6 Å². The molecule has 130 valence electrons. The molecule has 0 fully saturated rings. The number of aromatic nitrogens is 3. The van der Waals surface area contributed by atoms with Crippen LogP contribution in [-0.2, 0) is 6.54 Å². The van der Waals surface area contributed by atoms with Crippen molar-refractivity contribution in [2.75, 3.05) is 5.32 Å². The van der Waals surface area contributed by atoms with Crippen molar-refractivity contribution in [2.24, 2.45) is 0 Å². The smallest absolute Gasteiger partial charge is 0.235 e. The van der Waals surface area contributed by atoms with Crippen LogP contribution in [0.15, 0.2) is 60.9 Å². The Hall–Kier alpha value is -2.99. The Morgan fingerprint density at radius 3 is 2.62 bits per heavy atom. The molecule has 0 aliphatic rings. The second-order valence-electron chi connectivity index (χ2n) is 5.71. The Bertz CT molecular complexity index is 1080. The van der Waals surface area contributed by atoms with Gasteiger partial charge in [0, 0.05) is 29.5 Å². The van der Waals surface area contributed by atoms with Crippen molar-refractivity contribution in [3.8, 4) is 11.3 Å². The topological polar surface area (TPSA) is 42.2 Å². The Morgan fingerprint density at radius 2 is 1.85 bits per heavy atom.